The van der Waals surface area contributed by atoms with Gasteiger partial charge in [0, 0.05) is 15.6 Å². The van der Waals surface area contributed by atoms with Gasteiger partial charge in [-0.1, -0.05) is 72.3 Å². The van der Waals surface area contributed by atoms with Crippen LogP contribution >= 0.6 is 11.6 Å². The van der Waals surface area contributed by atoms with Gasteiger partial charge < -0.3 is 15.0 Å². The summed E-state index contributed by atoms with van der Waals surface area (Å²) in [6.45, 7) is 5.20. The third-order valence-electron chi connectivity index (χ3n) is 6.21. The van der Waals surface area contributed by atoms with Crippen molar-refractivity contribution in [1.82, 2.24) is 5.32 Å². The Kier molecular flexibility index (Phi) is 7.23. The number of anilines is 1. The number of amides is 2. The molecule has 3 aromatic carbocycles. The van der Waals surface area contributed by atoms with Crippen molar-refractivity contribution in [3.05, 3.63) is 111 Å². The number of para-hydroxylation sites is 1. The van der Waals surface area contributed by atoms with E-state index in [1.165, 1.54) is 4.90 Å². The van der Waals surface area contributed by atoms with E-state index in [-0.39, 0.29) is 13.0 Å². The number of nitro groups is 1. The summed E-state index contributed by atoms with van der Waals surface area (Å²) >= 11 is 6.08. The number of carbonyl (C=O) groups excluding carboxylic acids is 2. The lowest BCUT2D eigenvalue weighted by atomic mass is 9.76. The fourth-order valence-corrected chi connectivity index (χ4v) is 4.71. The second kappa shape index (κ2) is 10.2. The maximum atomic E-state index is 14.3. The predicted molar refractivity (Wildman–Crippen MR) is 141 cm³/mol. The zero-order chi connectivity index (χ0) is 26.8. The Labute approximate surface area is 220 Å². The topological polar surface area (TPSA) is 102 Å². The molecule has 37 heavy (non-hydrogen) atoms. The van der Waals surface area contributed by atoms with E-state index in [1.54, 1.807) is 69.3 Å². The maximum absolute atomic E-state index is 14.3. The van der Waals surface area contributed by atoms with Crippen molar-refractivity contribution in [2.75, 3.05) is 4.90 Å². The molecule has 4 rings (SSSR count). The average Bonchev–Trinajstić information content (AvgIpc) is 2.84. The van der Waals surface area contributed by atoms with Gasteiger partial charge >= 0.3 is 17.5 Å². The second-order valence-electron chi connectivity index (χ2n) is 9.99. The molecule has 0 aliphatic carbocycles. The Morgan fingerprint density at radius 3 is 2.32 bits per heavy atom. The fraction of sp³-hybridized carbons (Fsp3) is 0.286. The third-order valence-corrected chi connectivity index (χ3v) is 6.46. The number of nitrogens with one attached hydrogen (secondary N) is 1. The number of benzene rings is 3. The largest absolute Gasteiger partial charge is 0.444 e. The first-order valence-corrected chi connectivity index (χ1v) is 12.2. The zero-order valence-corrected chi connectivity index (χ0v) is 21.6. The molecule has 0 spiro atoms. The van der Waals surface area contributed by atoms with Gasteiger partial charge in [-0.2, -0.15) is 0 Å². The summed E-state index contributed by atoms with van der Waals surface area (Å²) in [6.07, 6.45) is -1.08. The molecule has 1 heterocycles. The molecule has 2 amide bonds. The van der Waals surface area contributed by atoms with E-state index in [2.05, 4.69) is 5.32 Å². The lowest BCUT2D eigenvalue weighted by Gasteiger charge is -2.41. The summed E-state index contributed by atoms with van der Waals surface area (Å²) in [4.78, 5) is 41.0. The minimum Gasteiger partial charge on any atom is -0.444 e. The average molecular weight is 522 g/mol. The number of alkyl carbamates (subject to hydrolysis) is 1. The quantitative estimate of drug-likeness (QED) is 0.330. The SMILES string of the molecule is CC(C)(C)OC(=O)N[C@@H](c1ccc(Cl)cc1)[C@@]1([N+](=O)[O-])Cc2ccccc2N(Cc2ccccc2)C1=O. The van der Waals surface area contributed by atoms with Crippen molar-refractivity contribution in [2.45, 2.75) is 50.9 Å². The molecule has 1 N–H and O–H groups in total. The second-order valence-corrected chi connectivity index (χ2v) is 10.4. The number of rotatable bonds is 6. The van der Waals surface area contributed by atoms with Crippen molar-refractivity contribution in [2.24, 2.45) is 0 Å². The summed E-state index contributed by atoms with van der Waals surface area (Å²) < 4.78 is 5.43. The Morgan fingerprint density at radius 2 is 1.70 bits per heavy atom. The maximum Gasteiger partial charge on any atom is 0.408 e. The van der Waals surface area contributed by atoms with Crippen LogP contribution in [-0.4, -0.2) is 28.1 Å². The van der Waals surface area contributed by atoms with Crippen LogP contribution in [0.15, 0.2) is 78.9 Å². The summed E-state index contributed by atoms with van der Waals surface area (Å²) in [5, 5.41) is 16.1. The number of nitrogens with zero attached hydrogens (tertiary/aromatic N) is 2. The lowest BCUT2D eigenvalue weighted by Crippen LogP contribution is -2.64. The molecule has 2 atom stereocenters. The molecule has 0 fully saturated rings. The number of ether oxygens (including phenoxy) is 1. The lowest BCUT2D eigenvalue weighted by molar-refractivity contribution is -0.558. The van der Waals surface area contributed by atoms with Crippen LogP contribution in [0.1, 0.15) is 43.5 Å². The van der Waals surface area contributed by atoms with Crippen LogP contribution in [0.5, 0.6) is 0 Å². The molecular formula is C28H28ClN3O5. The normalized spacial score (nSPS) is 18.1. The van der Waals surface area contributed by atoms with Crippen molar-refractivity contribution in [3.8, 4) is 0 Å². The number of hydrogen-bond donors (Lipinski definition) is 1. The highest BCUT2D eigenvalue weighted by Crippen LogP contribution is 2.42. The summed E-state index contributed by atoms with van der Waals surface area (Å²) in [5.74, 6) is -0.726. The highest BCUT2D eigenvalue weighted by atomic mass is 35.5. The van der Waals surface area contributed by atoms with Crippen LogP contribution < -0.4 is 10.2 Å². The predicted octanol–water partition coefficient (Wildman–Crippen LogP) is 5.71. The van der Waals surface area contributed by atoms with Crippen LogP contribution in [0, 0.1) is 10.1 Å². The molecule has 1 aliphatic rings. The Morgan fingerprint density at radius 1 is 1.08 bits per heavy atom. The highest BCUT2D eigenvalue weighted by molar-refractivity contribution is 6.30. The van der Waals surface area contributed by atoms with E-state index in [1.807, 2.05) is 30.3 Å². The van der Waals surface area contributed by atoms with E-state index < -0.39 is 34.1 Å². The number of carbonyl (C=O) groups is 2. The number of hydrogen-bond acceptors (Lipinski definition) is 5. The molecule has 9 heteroatoms. The first-order chi connectivity index (χ1) is 17.5. The van der Waals surface area contributed by atoms with Gasteiger partial charge in [0.1, 0.15) is 11.6 Å². The van der Waals surface area contributed by atoms with Crippen LogP contribution in [0.2, 0.25) is 5.02 Å². The molecule has 0 aromatic heterocycles. The summed E-state index contributed by atoms with van der Waals surface area (Å²) in [7, 11) is 0. The monoisotopic (exact) mass is 521 g/mol. The van der Waals surface area contributed by atoms with Crippen LogP contribution in [0.25, 0.3) is 0 Å². The minimum atomic E-state index is -2.24. The molecule has 8 nitrogen and oxygen atoms in total. The molecule has 0 bridgehead atoms. The van der Waals surface area contributed by atoms with Gasteiger partial charge in [-0.3, -0.25) is 14.9 Å². The molecule has 192 valence electrons. The minimum absolute atomic E-state index is 0.131. The molecule has 3 aromatic rings. The van der Waals surface area contributed by atoms with Gasteiger partial charge in [0.2, 0.25) is 0 Å². The van der Waals surface area contributed by atoms with Crippen LogP contribution in [-0.2, 0) is 22.5 Å². The summed E-state index contributed by atoms with van der Waals surface area (Å²) in [6, 6.07) is 21.3. The van der Waals surface area contributed by atoms with Gasteiger partial charge in [-0.05, 0) is 55.7 Å². The fourth-order valence-electron chi connectivity index (χ4n) is 4.59. The first kappa shape index (κ1) is 26.2. The Bertz CT molecular complexity index is 1310. The number of halogens is 1. The molecular weight excluding hydrogens is 494 g/mol. The highest BCUT2D eigenvalue weighted by Gasteiger charge is 2.63. The van der Waals surface area contributed by atoms with Gasteiger partial charge in [-0.25, -0.2) is 4.79 Å². The Balaban J connectivity index is 1.87. The molecule has 0 saturated carbocycles. The van der Waals surface area contributed by atoms with Crippen LogP contribution in [0.4, 0.5) is 10.5 Å². The standard InChI is InChI=1S/C28H28ClN3O5/c1-27(2,3)37-26(34)30-24(20-13-15-22(29)16-14-20)28(32(35)36)17-21-11-7-8-12-23(21)31(25(28)33)18-19-9-5-4-6-10-19/h4-16,24H,17-18H2,1-3H3,(H,30,34)/t24-,28-/m0/s1. The third kappa shape index (κ3) is 5.44. The van der Waals surface area contributed by atoms with Crippen LogP contribution in [0.3, 0.4) is 0 Å². The molecule has 0 saturated heterocycles. The molecule has 1 aliphatic heterocycles. The van der Waals surface area contributed by atoms with Gasteiger partial charge in [0.15, 0.2) is 0 Å². The first-order valence-electron chi connectivity index (χ1n) is 11.8. The smallest absolute Gasteiger partial charge is 0.408 e. The summed E-state index contributed by atoms with van der Waals surface area (Å²) in [5.41, 5.74) is -0.694. The number of fused-ring (bicyclic) bond motifs is 1. The van der Waals surface area contributed by atoms with Gasteiger partial charge in [0.25, 0.3) is 0 Å². The van der Waals surface area contributed by atoms with E-state index in [0.29, 0.717) is 21.8 Å². The zero-order valence-electron chi connectivity index (χ0n) is 20.8. The van der Waals surface area contributed by atoms with E-state index in [4.69, 9.17) is 16.3 Å². The van der Waals surface area contributed by atoms with Crippen molar-refractivity contribution in [3.63, 3.8) is 0 Å². The van der Waals surface area contributed by atoms with E-state index in [9.17, 15) is 19.7 Å². The van der Waals surface area contributed by atoms with E-state index >= 15 is 0 Å². The van der Waals surface area contributed by atoms with Crippen molar-refractivity contribution >= 4 is 29.3 Å². The molecule has 0 radical (unpaired) electrons. The van der Waals surface area contributed by atoms with Gasteiger partial charge in [-0.15, -0.1) is 0 Å². The van der Waals surface area contributed by atoms with E-state index in [0.717, 1.165) is 5.56 Å². The van der Waals surface area contributed by atoms with Gasteiger partial charge in [0.05, 0.1) is 13.0 Å². The van der Waals surface area contributed by atoms with Crippen molar-refractivity contribution in [1.29, 1.82) is 0 Å². The Hall–Kier alpha value is -3.91. The molecule has 0 unspecified atom stereocenters. The van der Waals surface area contributed by atoms with Crippen molar-refractivity contribution < 1.29 is 19.2 Å².